The summed E-state index contributed by atoms with van der Waals surface area (Å²) < 4.78 is 2.06. The van der Waals surface area contributed by atoms with E-state index < -0.39 is 0 Å². The number of pyridine rings is 1. The maximum Gasteiger partial charge on any atom is 0.237 e. The van der Waals surface area contributed by atoms with E-state index in [-0.39, 0.29) is 5.91 Å². The Morgan fingerprint density at radius 1 is 1.25 bits per heavy atom. The van der Waals surface area contributed by atoms with E-state index in [1.54, 1.807) is 6.20 Å². The summed E-state index contributed by atoms with van der Waals surface area (Å²) in [7, 11) is 0. The highest BCUT2D eigenvalue weighted by Crippen LogP contribution is 2.29. The van der Waals surface area contributed by atoms with Gasteiger partial charge in [-0.3, -0.25) is 4.79 Å². The molecular weight excluding hydrogens is 320 g/mol. The van der Waals surface area contributed by atoms with Crippen molar-refractivity contribution in [2.45, 2.75) is 25.0 Å². The number of rotatable bonds is 4. The van der Waals surface area contributed by atoms with Crippen LogP contribution in [0.5, 0.6) is 0 Å². The summed E-state index contributed by atoms with van der Waals surface area (Å²) >= 11 is 1.49. The molecule has 3 heterocycles. The third-order valence-electron chi connectivity index (χ3n) is 4.30. The fourth-order valence-electron chi connectivity index (χ4n) is 3.13. The molecule has 0 saturated carbocycles. The van der Waals surface area contributed by atoms with Gasteiger partial charge in [-0.25, -0.2) is 9.97 Å². The highest BCUT2D eigenvalue weighted by molar-refractivity contribution is 7.99. The third kappa shape index (κ3) is 2.57. The van der Waals surface area contributed by atoms with E-state index in [9.17, 15) is 4.79 Å². The van der Waals surface area contributed by atoms with Crippen LogP contribution in [0.3, 0.4) is 0 Å². The van der Waals surface area contributed by atoms with Crippen LogP contribution in [0.4, 0.5) is 5.69 Å². The fourth-order valence-corrected chi connectivity index (χ4v) is 4.08. The van der Waals surface area contributed by atoms with Crippen LogP contribution < -0.4 is 4.90 Å². The average Bonchev–Trinajstić information content (AvgIpc) is 3.20. The number of hydrogen-bond acceptors (Lipinski definition) is 4. The zero-order valence-electron chi connectivity index (χ0n) is 13.5. The number of para-hydroxylation sites is 1. The molecule has 1 aromatic carbocycles. The van der Waals surface area contributed by atoms with Crippen LogP contribution in [0.2, 0.25) is 0 Å². The average molecular weight is 338 g/mol. The van der Waals surface area contributed by atoms with Gasteiger partial charge < -0.3 is 9.47 Å². The smallest absolute Gasteiger partial charge is 0.237 e. The number of thioether (sulfide) groups is 1. The zero-order valence-corrected chi connectivity index (χ0v) is 14.3. The lowest BCUT2D eigenvalue weighted by atomic mass is 10.2. The van der Waals surface area contributed by atoms with Gasteiger partial charge in [0.25, 0.3) is 0 Å². The number of aryl methyl sites for hydroxylation is 1. The fraction of sp³-hybridized carbons (Fsp3) is 0.278. The van der Waals surface area contributed by atoms with Crippen molar-refractivity contribution in [3.05, 3.63) is 48.2 Å². The lowest BCUT2D eigenvalue weighted by Gasteiger charge is -2.17. The number of nitrogens with zero attached hydrogens (tertiary/aromatic N) is 4. The predicted octanol–water partition coefficient (Wildman–Crippen LogP) is 3.13. The van der Waals surface area contributed by atoms with E-state index >= 15 is 0 Å². The molecule has 4 rings (SSSR count). The van der Waals surface area contributed by atoms with Crippen molar-refractivity contribution in [3.63, 3.8) is 0 Å². The molecule has 6 heteroatoms. The van der Waals surface area contributed by atoms with Crippen LogP contribution in [0.1, 0.15) is 12.5 Å². The second-order valence-electron chi connectivity index (χ2n) is 5.70. The van der Waals surface area contributed by atoms with E-state index in [0.717, 1.165) is 41.5 Å². The van der Waals surface area contributed by atoms with E-state index in [1.807, 2.05) is 35.2 Å². The van der Waals surface area contributed by atoms with Crippen LogP contribution >= 0.6 is 11.8 Å². The minimum Gasteiger partial charge on any atom is -0.311 e. The van der Waals surface area contributed by atoms with Gasteiger partial charge >= 0.3 is 0 Å². The van der Waals surface area contributed by atoms with Crippen molar-refractivity contribution in [2.24, 2.45) is 0 Å². The van der Waals surface area contributed by atoms with Crippen molar-refractivity contribution in [3.8, 4) is 0 Å². The summed E-state index contributed by atoms with van der Waals surface area (Å²) in [6, 6.07) is 12.0. The molecule has 122 valence electrons. The second kappa shape index (κ2) is 6.28. The molecule has 0 atom stereocenters. The summed E-state index contributed by atoms with van der Waals surface area (Å²) in [5.74, 6) is 0.519. The van der Waals surface area contributed by atoms with Crippen LogP contribution in [0.15, 0.2) is 47.8 Å². The van der Waals surface area contributed by atoms with Gasteiger partial charge in [-0.15, -0.1) is 0 Å². The molecule has 0 bridgehead atoms. The number of imidazole rings is 1. The summed E-state index contributed by atoms with van der Waals surface area (Å²) in [5, 5.41) is 0.854. The van der Waals surface area contributed by atoms with E-state index in [2.05, 4.69) is 27.5 Å². The first kappa shape index (κ1) is 15.2. The largest absolute Gasteiger partial charge is 0.311 e. The molecule has 0 saturated heterocycles. The molecule has 1 aliphatic rings. The normalized spacial score (nSPS) is 13.5. The van der Waals surface area contributed by atoms with E-state index in [4.69, 9.17) is 0 Å². The van der Waals surface area contributed by atoms with Gasteiger partial charge in [0.05, 0.1) is 5.75 Å². The van der Waals surface area contributed by atoms with Crippen LogP contribution in [0.25, 0.3) is 11.2 Å². The highest BCUT2D eigenvalue weighted by Gasteiger charge is 2.24. The Kier molecular flexibility index (Phi) is 3.98. The molecule has 3 aromatic rings. The lowest BCUT2D eigenvalue weighted by Crippen LogP contribution is -2.30. The minimum absolute atomic E-state index is 0.132. The minimum atomic E-state index is 0.132. The Bertz CT molecular complexity index is 905. The van der Waals surface area contributed by atoms with Crippen molar-refractivity contribution < 1.29 is 4.79 Å². The summed E-state index contributed by atoms with van der Waals surface area (Å²) in [4.78, 5) is 23.6. The molecule has 1 aliphatic heterocycles. The van der Waals surface area contributed by atoms with Gasteiger partial charge in [-0.2, -0.15) is 0 Å². The molecule has 0 spiro atoms. The van der Waals surface area contributed by atoms with Gasteiger partial charge in [-0.05, 0) is 37.1 Å². The molecule has 0 fully saturated rings. The number of carbonyl (C=O) groups is 1. The van der Waals surface area contributed by atoms with Crippen LogP contribution in [0, 0.1) is 0 Å². The molecule has 0 unspecified atom stereocenters. The Labute approximate surface area is 144 Å². The third-order valence-corrected chi connectivity index (χ3v) is 5.26. The van der Waals surface area contributed by atoms with Gasteiger partial charge in [0.15, 0.2) is 10.8 Å². The van der Waals surface area contributed by atoms with Crippen molar-refractivity contribution in [2.75, 3.05) is 17.2 Å². The number of aromatic nitrogens is 3. The Morgan fingerprint density at radius 3 is 3.00 bits per heavy atom. The quantitative estimate of drug-likeness (QED) is 0.686. The van der Waals surface area contributed by atoms with Gasteiger partial charge in [-0.1, -0.05) is 30.0 Å². The Balaban J connectivity index is 1.52. The molecule has 2 aromatic heterocycles. The predicted molar refractivity (Wildman–Crippen MR) is 96.4 cm³/mol. The first-order valence-corrected chi connectivity index (χ1v) is 9.09. The topological polar surface area (TPSA) is 51.0 Å². The maximum atomic E-state index is 12.6. The summed E-state index contributed by atoms with van der Waals surface area (Å²) in [6.45, 7) is 3.62. The van der Waals surface area contributed by atoms with Crippen LogP contribution in [-0.4, -0.2) is 32.7 Å². The number of fused-ring (bicyclic) bond motifs is 2. The number of carbonyl (C=O) groups excluding carboxylic acids is 1. The Hall–Kier alpha value is -2.34. The second-order valence-corrected chi connectivity index (χ2v) is 6.64. The molecule has 5 nitrogen and oxygen atoms in total. The van der Waals surface area contributed by atoms with Gasteiger partial charge in [0.2, 0.25) is 5.91 Å². The molecule has 0 aliphatic carbocycles. The number of amides is 1. The first-order valence-electron chi connectivity index (χ1n) is 8.10. The number of anilines is 1. The van der Waals surface area contributed by atoms with Crippen molar-refractivity contribution >= 4 is 34.5 Å². The molecule has 24 heavy (non-hydrogen) atoms. The molecular formula is C18H18N4OS. The molecule has 0 radical (unpaired) electrons. The standard InChI is InChI=1S/C18H18N4OS/c1-2-21-17-14(7-5-10-19-17)20-18(21)24-12-16(23)22-11-9-13-6-3-4-8-15(13)22/h3-8,10H,2,9,11-12H2,1H3. The van der Waals surface area contributed by atoms with Crippen LogP contribution in [-0.2, 0) is 17.8 Å². The highest BCUT2D eigenvalue weighted by atomic mass is 32.2. The summed E-state index contributed by atoms with van der Waals surface area (Å²) in [5.41, 5.74) is 4.05. The SMILES string of the molecule is CCn1c(SCC(=O)N2CCc3ccccc32)nc2cccnc21. The number of benzene rings is 1. The zero-order chi connectivity index (χ0) is 16.5. The van der Waals surface area contributed by atoms with Crippen molar-refractivity contribution in [1.29, 1.82) is 0 Å². The van der Waals surface area contributed by atoms with E-state index in [0.29, 0.717) is 5.75 Å². The molecule has 1 amide bonds. The summed E-state index contributed by atoms with van der Waals surface area (Å²) in [6.07, 6.45) is 2.71. The molecule has 0 N–H and O–H groups in total. The Morgan fingerprint density at radius 2 is 2.12 bits per heavy atom. The first-order chi connectivity index (χ1) is 11.8. The van der Waals surface area contributed by atoms with Crippen molar-refractivity contribution in [1.82, 2.24) is 14.5 Å². The monoisotopic (exact) mass is 338 g/mol. The number of hydrogen-bond donors (Lipinski definition) is 0. The van der Waals surface area contributed by atoms with E-state index in [1.165, 1.54) is 17.3 Å². The van der Waals surface area contributed by atoms with Gasteiger partial charge in [0, 0.05) is 25.0 Å². The lowest BCUT2D eigenvalue weighted by molar-refractivity contribution is -0.116. The maximum absolute atomic E-state index is 12.6. The van der Waals surface area contributed by atoms with Gasteiger partial charge in [0.1, 0.15) is 5.52 Å².